The molecule has 1 saturated heterocycles. The van der Waals surface area contributed by atoms with Crippen LogP contribution >= 0.6 is 15.9 Å². The van der Waals surface area contributed by atoms with E-state index in [4.69, 9.17) is 4.74 Å². The molecule has 3 heteroatoms. The zero-order chi connectivity index (χ0) is 11.6. The first-order valence-electron chi connectivity index (χ1n) is 5.69. The normalized spacial score (nSPS) is 25.1. The number of nitrogens with one attached hydrogen (secondary N) is 1. The first-order valence-corrected chi connectivity index (χ1v) is 6.49. The average Bonchev–Trinajstić information content (AvgIpc) is 2.40. The van der Waals surface area contributed by atoms with Crippen LogP contribution < -0.4 is 5.32 Å². The number of rotatable bonds is 1. The van der Waals surface area contributed by atoms with E-state index in [0.29, 0.717) is 0 Å². The molecule has 88 valence electrons. The lowest BCUT2D eigenvalue weighted by Gasteiger charge is -2.23. The maximum atomic E-state index is 5.91. The largest absolute Gasteiger partial charge is 0.372 e. The third-order valence-corrected chi connectivity index (χ3v) is 3.79. The molecule has 2 nitrogen and oxygen atoms in total. The van der Waals surface area contributed by atoms with Crippen LogP contribution in [-0.4, -0.2) is 18.7 Å². The summed E-state index contributed by atoms with van der Waals surface area (Å²) < 4.78 is 7.04. The van der Waals surface area contributed by atoms with Crippen LogP contribution in [0, 0.1) is 0 Å². The van der Waals surface area contributed by atoms with Crippen LogP contribution in [0.4, 0.5) is 0 Å². The molecular formula is C13H18BrNO. The lowest BCUT2D eigenvalue weighted by atomic mass is 10.0. The maximum absolute atomic E-state index is 5.91. The van der Waals surface area contributed by atoms with Crippen LogP contribution in [0.3, 0.4) is 0 Å². The predicted octanol–water partition coefficient (Wildman–Crippen LogP) is 3.28. The summed E-state index contributed by atoms with van der Waals surface area (Å²) in [5.74, 6) is 0. The molecule has 0 radical (unpaired) electrons. The summed E-state index contributed by atoms with van der Waals surface area (Å²) in [5, 5.41) is 3.55. The topological polar surface area (TPSA) is 21.3 Å². The zero-order valence-corrected chi connectivity index (χ0v) is 11.4. The van der Waals surface area contributed by atoms with Crippen LogP contribution in [0.5, 0.6) is 0 Å². The minimum absolute atomic E-state index is 0.150. The Hall–Kier alpha value is -0.380. The van der Waals surface area contributed by atoms with Crippen LogP contribution in [0.25, 0.3) is 0 Å². The summed E-state index contributed by atoms with van der Waals surface area (Å²) in [6.45, 7) is 6.12. The second-order valence-corrected chi connectivity index (χ2v) is 5.75. The van der Waals surface area contributed by atoms with Crippen molar-refractivity contribution in [1.29, 1.82) is 0 Å². The quantitative estimate of drug-likeness (QED) is 0.854. The Bertz CT molecular complexity index is 365. The van der Waals surface area contributed by atoms with Crippen molar-refractivity contribution in [2.45, 2.75) is 31.9 Å². The van der Waals surface area contributed by atoms with E-state index >= 15 is 0 Å². The highest BCUT2D eigenvalue weighted by atomic mass is 79.9. The fourth-order valence-corrected chi connectivity index (χ4v) is 2.45. The van der Waals surface area contributed by atoms with Gasteiger partial charge in [0.15, 0.2) is 0 Å². The highest BCUT2D eigenvalue weighted by Crippen LogP contribution is 2.28. The lowest BCUT2D eigenvalue weighted by Crippen LogP contribution is -2.39. The molecule has 0 aliphatic carbocycles. The lowest BCUT2D eigenvalue weighted by molar-refractivity contribution is 0.0651. The molecule has 0 aromatic heterocycles. The second-order valence-electron chi connectivity index (χ2n) is 4.90. The van der Waals surface area contributed by atoms with Gasteiger partial charge < -0.3 is 10.1 Å². The number of hydrogen-bond donors (Lipinski definition) is 1. The monoisotopic (exact) mass is 283 g/mol. The Balaban J connectivity index is 2.14. The van der Waals surface area contributed by atoms with Gasteiger partial charge in [-0.15, -0.1) is 0 Å². The molecule has 0 spiro atoms. The predicted molar refractivity (Wildman–Crippen MR) is 69.5 cm³/mol. The molecule has 1 aliphatic rings. The minimum atomic E-state index is 0.150. The first-order chi connectivity index (χ1) is 7.58. The Labute approximate surface area is 106 Å². The van der Waals surface area contributed by atoms with Crippen molar-refractivity contribution in [3.05, 3.63) is 34.3 Å². The molecule has 16 heavy (non-hydrogen) atoms. The van der Waals surface area contributed by atoms with E-state index in [0.717, 1.165) is 24.0 Å². The number of benzene rings is 1. The smallest absolute Gasteiger partial charge is 0.0960 e. The summed E-state index contributed by atoms with van der Waals surface area (Å²) in [5.41, 5.74) is 1.41. The van der Waals surface area contributed by atoms with Gasteiger partial charge in [0, 0.05) is 23.2 Å². The molecule has 1 aliphatic heterocycles. The van der Waals surface area contributed by atoms with Crippen molar-refractivity contribution >= 4 is 15.9 Å². The van der Waals surface area contributed by atoms with Crippen molar-refractivity contribution in [3.8, 4) is 0 Å². The van der Waals surface area contributed by atoms with Crippen LogP contribution in [0.1, 0.15) is 31.9 Å². The van der Waals surface area contributed by atoms with Gasteiger partial charge in [-0.2, -0.15) is 0 Å². The van der Waals surface area contributed by atoms with E-state index in [1.807, 2.05) is 6.07 Å². The molecule has 2 rings (SSSR count). The van der Waals surface area contributed by atoms with E-state index < -0.39 is 0 Å². The van der Waals surface area contributed by atoms with Gasteiger partial charge in [-0.05, 0) is 31.9 Å². The number of ether oxygens (including phenoxy) is 1. The van der Waals surface area contributed by atoms with Crippen molar-refractivity contribution < 1.29 is 4.74 Å². The third-order valence-electron chi connectivity index (χ3n) is 3.06. The van der Waals surface area contributed by atoms with E-state index in [-0.39, 0.29) is 11.6 Å². The SMILES string of the molecule is CC1(C)CCOC(c2ccccc2Br)CN1. The van der Waals surface area contributed by atoms with Gasteiger partial charge in [0.05, 0.1) is 6.10 Å². The molecule has 1 aromatic carbocycles. The Morgan fingerprint density at radius 2 is 2.12 bits per heavy atom. The van der Waals surface area contributed by atoms with Crippen LogP contribution in [0.2, 0.25) is 0 Å². The van der Waals surface area contributed by atoms with Crippen molar-refractivity contribution in [1.82, 2.24) is 5.32 Å². The molecule has 1 heterocycles. The van der Waals surface area contributed by atoms with Crippen molar-refractivity contribution in [2.75, 3.05) is 13.2 Å². The van der Waals surface area contributed by atoms with E-state index in [1.54, 1.807) is 0 Å². The summed E-state index contributed by atoms with van der Waals surface area (Å²) in [6, 6.07) is 8.27. The maximum Gasteiger partial charge on any atom is 0.0960 e. The standard InChI is InChI=1S/C13H18BrNO/c1-13(2)7-8-16-12(9-15-13)10-5-3-4-6-11(10)14/h3-6,12,15H,7-9H2,1-2H3. The summed E-state index contributed by atoms with van der Waals surface area (Å²) in [4.78, 5) is 0. The summed E-state index contributed by atoms with van der Waals surface area (Å²) in [6.07, 6.45) is 1.20. The summed E-state index contributed by atoms with van der Waals surface area (Å²) in [7, 11) is 0. The van der Waals surface area contributed by atoms with E-state index in [2.05, 4.69) is 53.3 Å². The van der Waals surface area contributed by atoms with Gasteiger partial charge in [-0.3, -0.25) is 0 Å². The van der Waals surface area contributed by atoms with Gasteiger partial charge in [0.2, 0.25) is 0 Å². The molecule has 1 atom stereocenters. The molecule has 0 amide bonds. The second kappa shape index (κ2) is 4.86. The van der Waals surface area contributed by atoms with Gasteiger partial charge in [-0.25, -0.2) is 0 Å². The first kappa shape index (κ1) is 12.1. The molecule has 0 bridgehead atoms. The molecule has 1 N–H and O–H groups in total. The number of hydrogen-bond acceptors (Lipinski definition) is 2. The van der Waals surface area contributed by atoms with Crippen LogP contribution in [0.15, 0.2) is 28.7 Å². The molecule has 1 aromatic rings. The molecule has 0 saturated carbocycles. The van der Waals surface area contributed by atoms with E-state index in [1.165, 1.54) is 5.56 Å². The van der Waals surface area contributed by atoms with Gasteiger partial charge in [0.1, 0.15) is 0 Å². The highest BCUT2D eigenvalue weighted by Gasteiger charge is 2.25. The Kier molecular flexibility index (Phi) is 3.67. The zero-order valence-electron chi connectivity index (χ0n) is 9.79. The Morgan fingerprint density at radius 3 is 2.88 bits per heavy atom. The highest BCUT2D eigenvalue weighted by molar-refractivity contribution is 9.10. The molecule has 1 unspecified atom stereocenters. The Morgan fingerprint density at radius 1 is 1.38 bits per heavy atom. The van der Waals surface area contributed by atoms with Gasteiger partial charge >= 0.3 is 0 Å². The van der Waals surface area contributed by atoms with Crippen LogP contribution in [-0.2, 0) is 4.74 Å². The molecule has 1 fully saturated rings. The fraction of sp³-hybridized carbons (Fsp3) is 0.538. The van der Waals surface area contributed by atoms with Crippen molar-refractivity contribution in [2.24, 2.45) is 0 Å². The van der Waals surface area contributed by atoms with Gasteiger partial charge in [-0.1, -0.05) is 34.1 Å². The minimum Gasteiger partial charge on any atom is -0.372 e. The number of halogens is 1. The molecular weight excluding hydrogens is 266 g/mol. The van der Waals surface area contributed by atoms with Crippen molar-refractivity contribution in [3.63, 3.8) is 0 Å². The van der Waals surface area contributed by atoms with Gasteiger partial charge in [0.25, 0.3) is 0 Å². The summed E-state index contributed by atoms with van der Waals surface area (Å²) >= 11 is 3.58. The third kappa shape index (κ3) is 2.84. The van der Waals surface area contributed by atoms with E-state index in [9.17, 15) is 0 Å². The average molecular weight is 284 g/mol. The fourth-order valence-electron chi connectivity index (χ4n) is 1.91.